The fraction of sp³-hybridized carbons (Fsp3) is 0.533. The highest BCUT2D eigenvalue weighted by atomic mass is 16.5. The first-order chi connectivity index (χ1) is 18.3. The van der Waals surface area contributed by atoms with Gasteiger partial charge in [-0.05, 0) is 92.3 Å². The molecule has 4 rings (SSSR count). The molecule has 1 aliphatic carbocycles. The van der Waals surface area contributed by atoms with Crippen LogP contribution in [-0.2, 0) is 9.53 Å². The molecule has 1 aliphatic heterocycles. The Kier molecular flexibility index (Phi) is 9.50. The summed E-state index contributed by atoms with van der Waals surface area (Å²) in [5.74, 6) is 0.702. The van der Waals surface area contributed by atoms with Crippen LogP contribution in [0.1, 0.15) is 64.4 Å². The van der Waals surface area contributed by atoms with Crippen molar-refractivity contribution in [1.82, 2.24) is 0 Å². The van der Waals surface area contributed by atoms with Crippen LogP contribution in [0.25, 0.3) is 0 Å². The topological polar surface area (TPSA) is 100 Å². The number of carbonyl (C=O) groups is 2. The summed E-state index contributed by atoms with van der Waals surface area (Å²) >= 11 is 0. The standard InChI is InChI=1S/C30H41N3O5/c1-4-38-25-10-8-23(9-11-25)31-30(36)32-27-17-22(26(18-29(34)35)21-5-6-21)7-12-28(27)33(19-20(2)3)24-13-15-37-16-14-24/h7-12,17,20-21,24,26H,4-6,13-16,18-19H2,1-3H3,(H,34,35)(H2,31,32,36). The van der Waals surface area contributed by atoms with Crippen LogP contribution in [0, 0.1) is 11.8 Å². The Morgan fingerprint density at radius 3 is 2.37 bits per heavy atom. The highest BCUT2D eigenvalue weighted by Gasteiger charge is 2.34. The van der Waals surface area contributed by atoms with Gasteiger partial charge >= 0.3 is 12.0 Å². The summed E-state index contributed by atoms with van der Waals surface area (Å²) in [6, 6.07) is 13.4. The fourth-order valence-electron chi connectivity index (χ4n) is 5.30. The van der Waals surface area contributed by atoms with E-state index in [9.17, 15) is 14.7 Å². The van der Waals surface area contributed by atoms with E-state index in [0.29, 0.717) is 35.9 Å². The summed E-state index contributed by atoms with van der Waals surface area (Å²) in [5, 5.41) is 15.6. The molecule has 1 atom stereocenters. The van der Waals surface area contributed by atoms with Gasteiger partial charge in [0.25, 0.3) is 0 Å². The zero-order chi connectivity index (χ0) is 27.1. The van der Waals surface area contributed by atoms with Crippen LogP contribution in [-0.4, -0.2) is 49.5 Å². The van der Waals surface area contributed by atoms with Crippen LogP contribution in [0.3, 0.4) is 0 Å². The first-order valence-corrected chi connectivity index (χ1v) is 13.8. The van der Waals surface area contributed by atoms with Gasteiger partial charge in [0.1, 0.15) is 5.75 Å². The third-order valence-corrected chi connectivity index (χ3v) is 7.21. The number of benzene rings is 2. The summed E-state index contributed by atoms with van der Waals surface area (Å²) in [6.07, 6.45) is 4.04. The van der Waals surface area contributed by atoms with Gasteiger partial charge in [0.2, 0.25) is 0 Å². The molecule has 1 saturated carbocycles. The quantitative estimate of drug-likeness (QED) is 0.300. The molecule has 38 heavy (non-hydrogen) atoms. The van der Waals surface area contributed by atoms with E-state index in [1.54, 1.807) is 0 Å². The third kappa shape index (κ3) is 7.63. The van der Waals surface area contributed by atoms with Crippen LogP contribution < -0.4 is 20.3 Å². The maximum atomic E-state index is 13.2. The van der Waals surface area contributed by atoms with Gasteiger partial charge in [-0.3, -0.25) is 4.79 Å². The smallest absolute Gasteiger partial charge is 0.323 e. The molecule has 0 spiro atoms. The molecule has 2 aromatic carbocycles. The zero-order valence-corrected chi connectivity index (χ0v) is 22.7. The molecule has 0 bridgehead atoms. The van der Waals surface area contributed by atoms with Gasteiger partial charge in [-0.1, -0.05) is 19.9 Å². The second-order valence-electron chi connectivity index (χ2n) is 10.7. The molecule has 2 fully saturated rings. The number of rotatable bonds is 12. The second-order valence-corrected chi connectivity index (χ2v) is 10.7. The van der Waals surface area contributed by atoms with Crippen molar-refractivity contribution in [2.45, 2.75) is 64.8 Å². The third-order valence-electron chi connectivity index (χ3n) is 7.21. The summed E-state index contributed by atoms with van der Waals surface area (Å²) in [7, 11) is 0. The lowest BCUT2D eigenvalue weighted by molar-refractivity contribution is -0.137. The van der Waals surface area contributed by atoms with E-state index >= 15 is 0 Å². The monoisotopic (exact) mass is 523 g/mol. The lowest BCUT2D eigenvalue weighted by Crippen LogP contribution is -2.42. The number of ether oxygens (including phenoxy) is 2. The van der Waals surface area contributed by atoms with Crippen LogP contribution in [0.4, 0.5) is 21.9 Å². The Labute approximate surface area is 225 Å². The van der Waals surface area contributed by atoms with E-state index < -0.39 is 5.97 Å². The summed E-state index contributed by atoms with van der Waals surface area (Å²) < 4.78 is 11.1. The Morgan fingerprint density at radius 1 is 1.05 bits per heavy atom. The Hall–Kier alpha value is -3.26. The number of carbonyl (C=O) groups excluding carboxylic acids is 1. The van der Waals surface area contributed by atoms with Gasteiger partial charge in [-0.25, -0.2) is 4.79 Å². The molecule has 8 nitrogen and oxygen atoms in total. The first kappa shape index (κ1) is 27.8. The highest BCUT2D eigenvalue weighted by molar-refractivity contribution is 6.02. The molecule has 2 amide bonds. The van der Waals surface area contributed by atoms with E-state index in [0.717, 1.165) is 62.4 Å². The highest BCUT2D eigenvalue weighted by Crippen LogP contribution is 2.46. The van der Waals surface area contributed by atoms with Gasteiger partial charge in [-0.15, -0.1) is 0 Å². The van der Waals surface area contributed by atoms with Gasteiger partial charge in [0, 0.05) is 31.5 Å². The average molecular weight is 524 g/mol. The number of nitrogens with one attached hydrogen (secondary N) is 2. The molecular formula is C30H41N3O5. The summed E-state index contributed by atoms with van der Waals surface area (Å²) in [4.78, 5) is 27.2. The van der Waals surface area contributed by atoms with Gasteiger partial charge in [-0.2, -0.15) is 0 Å². The van der Waals surface area contributed by atoms with E-state index in [-0.39, 0.29) is 18.4 Å². The van der Waals surface area contributed by atoms with Crippen LogP contribution in [0.5, 0.6) is 5.75 Å². The van der Waals surface area contributed by atoms with Crippen LogP contribution >= 0.6 is 0 Å². The van der Waals surface area contributed by atoms with Crippen molar-refractivity contribution in [3.05, 3.63) is 48.0 Å². The number of anilines is 3. The van der Waals surface area contributed by atoms with Crippen LogP contribution in [0.15, 0.2) is 42.5 Å². The normalized spacial score (nSPS) is 16.6. The number of aliphatic carboxylic acids is 1. The molecule has 8 heteroatoms. The first-order valence-electron chi connectivity index (χ1n) is 13.8. The number of carboxylic acid groups (broad SMARTS) is 1. The molecule has 1 unspecified atom stereocenters. The van der Waals surface area contributed by atoms with Gasteiger partial charge in [0.15, 0.2) is 0 Å². The van der Waals surface area contributed by atoms with E-state index in [4.69, 9.17) is 9.47 Å². The molecule has 2 aliphatic rings. The lowest BCUT2D eigenvalue weighted by atomic mass is 9.90. The van der Waals surface area contributed by atoms with Crippen LogP contribution in [0.2, 0.25) is 0 Å². The van der Waals surface area contributed by atoms with E-state index in [1.165, 1.54) is 0 Å². The number of hydrogen-bond donors (Lipinski definition) is 3. The Morgan fingerprint density at radius 2 is 1.76 bits per heavy atom. The van der Waals surface area contributed by atoms with E-state index in [2.05, 4.69) is 41.5 Å². The molecule has 0 aromatic heterocycles. The largest absolute Gasteiger partial charge is 0.494 e. The summed E-state index contributed by atoms with van der Waals surface area (Å²) in [6.45, 7) is 9.20. The summed E-state index contributed by atoms with van der Waals surface area (Å²) in [5.41, 5.74) is 3.29. The van der Waals surface area contributed by atoms with Crippen molar-refractivity contribution < 1.29 is 24.2 Å². The number of urea groups is 1. The van der Waals surface area contributed by atoms with E-state index in [1.807, 2.05) is 37.3 Å². The lowest BCUT2D eigenvalue weighted by Gasteiger charge is -2.38. The van der Waals surface area contributed by atoms with Crippen molar-refractivity contribution in [3.63, 3.8) is 0 Å². The molecule has 206 valence electrons. The molecular weight excluding hydrogens is 482 g/mol. The minimum atomic E-state index is -0.794. The molecule has 1 heterocycles. The molecule has 1 saturated heterocycles. The minimum absolute atomic E-state index is 0.0575. The predicted octanol–water partition coefficient (Wildman–Crippen LogP) is 6.34. The molecule has 0 radical (unpaired) electrons. The fourth-order valence-corrected chi connectivity index (χ4v) is 5.30. The van der Waals surface area contributed by atoms with Crippen molar-refractivity contribution in [2.75, 3.05) is 41.9 Å². The van der Waals surface area contributed by atoms with Crippen molar-refractivity contribution in [1.29, 1.82) is 0 Å². The number of hydrogen-bond acceptors (Lipinski definition) is 5. The molecule has 2 aromatic rings. The number of nitrogens with zero attached hydrogens (tertiary/aromatic N) is 1. The predicted molar refractivity (Wildman–Crippen MR) is 150 cm³/mol. The Balaban J connectivity index is 1.63. The average Bonchev–Trinajstić information content (AvgIpc) is 3.73. The van der Waals surface area contributed by atoms with Crippen molar-refractivity contribution >= 4 is 29.1 Å². The SMILES string of the molecule is CCOc1ccc(NC(=O)Nc2cc(C(CC(=O)O)C3CC3)ccc2N(CC(C)C)C2CCOCC2)cc1. The van der Waals surface area contributed by atoms with Gasteiger partial charge in [0.05, 0.1) is 24.4 Å². The minimum Gasteiger partial charge on any atom is -0.494 e. The van der Waals surface area contributed by atoms with Crippen molar-refractivity contribution in [3.8, 4) is 5.75 Å². The maximum absolute atomic E-state index is 13.2. The number of carboxylic acids is 1. The van der Waals surface area contributed by atoms with Crippen molar-refractivity contribution in [2.24, 2.45) is 11.8 Å². The zero-order valence-electron chi connectivity index (χ0n) is 22.7. The van der Waals surface area contributed by atoms with Gasteiger partial charge < -0.3 is 30.1 Å². The Bertz CT molecular complexity index is 1080. The maximum Gasteiger partial charge on any atom is 0.323 e. The number of amides is 2. The second kappa shape index (κ2) is 13.0. The molecule has 3 N–H and O–H groups in total.